The van der Waals surface area contributed by atoms with E-state index in [0.29, 0.717) is 11.8 Å². The van der Waals surface area contributed by atoms with Crippen LogP contribution < -0.4 is 5.32 Å². The predicted octanol–water partition coefficient (Wildman–Crippen LogP) is 4.48. The third-order valence-corrected chi connectivity index (χ3v) is 6.92. The topological polar surface area (TPSA) is 96.7 Å². The summed E-state index contributed by atoms with van der Waals surface area (Å²) < 4.78 is 7.72. The van der Waals surface area contributed by atoms with Gasteiger partial charge in [-0.1, -0.05) is 50.3 Å². The number of thioether (sulfide) groups is 1. The van der Waals surface area contributed by atoms with Crippen LogP contribution in [-0.2, 0) is 4.79 Å². The highest BCUT2D eigenvalue weighted by molar-refractivity contribution is 7.99. The highest BCUT2D eigenvalue weighted by Gasteiger charge is 2.33. The molecule has 0 aromatic carbocycles. The molecular formula is C21H27N5O2S. The van der Waals surface area contributed by atoms with Gasteiger partial charge in [-0.15, -0.1) is 10.2 Å². The standard InChI is InChI=1S/C21H27N5O2S/c22-15-21(11-5-2-6-12-21)23-18(27)14-29-20-25-24-19(17-10-7-13-28-17)26(20)16-8-3-1-4-9-16/h7,10,13,16H,1-6,8-9,11-12,14H2,(H,23,27). The van der Waals surface area contributed by atoms with Crippen LogP contribution in [0, 0.1) is 11.3 Å². The van der Waals surface area contributed by atoms with Crippen LogP contribution >= 0.6 is 11.8 Å². The molecule has 29 heavy (non-hydrogen) atoms. The summed E-state index contributed by atoms with van der Waals surface area (Å²) in [7, 11) is 0. The summed E-state index contributed by atoms with van der Waals surface area (Å²) >= 11 is 1.39. The van der Waals surface area contributed by atoms with Crippen LogP contribution in [0.3, 0.4) is 0 Å². The Hall–Kier alpha value is -2.27. The Morgan fingerprint density at radius 2 is 2.00 bits per heavy atom. The van der Waals surface area contributed by atoms with Crippen molar-refractivity contribution in [3.63, 3.8) is 0 Å². The van der Waals surface area contributed by atoms with Crippen LogP contribution in [0.1, 0.15) is 70.3 Å². The molecule has 2 fully saturated rings. The molecule has 2 heterocycles. The third kappa shape index (κ3) is 4.50. The van der Waals surface area contributed by atoms with Gasteiger partial charge >= 0.3 is 0 Å². The van der Waals surface area contributed by atoms with E-state index in [1.54, 1.807) is 6.26 Å². The minimum absolute atomic E-state index is 0.115. The molecule has 8 heteroatoms. The predicted molar refractivity (Wildman–Crippen MR) is 110 cm³/mol. The molecule has 0 radical (unpaired) electrons. The van der Waals surface area contributed by atoms with E-state index in [-0.39, 0.29) is 11.7 Å². The van der Waals surface area contributed by atoms with Crippen LogP contribution in [0.15, 0.2) is 28.0 Å². The van der Waals surface area contributed by atoms with Gasteiger partial charge in [0, 0.05) is 6.04 Å². The Morgan fingerprint density at radius 3 is 2.69 bits per heavy atom. The van der Waals surface area contributed by atoms with Crippen molar-refractivity contribution in [3.8, 4) is 17.7 Å². The maximum atomic E-state index is 12.6. The molecule has 2 saturated carbocycles. The lowest BCUT2D eigenvalue weighted by molar-refractivity contribution is -0.120. The SMILES string of the molecule is N#CC1(NC(=O)CSc2nnc(-c3ccco3)n2C2CCCCC2)CCCCC1. The molecule has 2 aliphatic carbocycles. The Morgan fingerprint density at radius 1 is 1.24 bits per heavy atom. The van der Waals surface area contributed by atoms with Gasteiger partial charge in [-0.25, -0.2) is 0 Å². The van der Waals surface area contributed by atoms with E-state index < -0.39 is 5.54 Å². The van der Waals surface area contributed by atoms with Crippen molar-refractivity contribution in [2.24, 2.45) is 0 Å². The first-order valence-electron chi connectivity index (χ1n) is 10.5. The first kappa shape index (κ1) is 20.0. The molecule has 2 aliphatic rings. The highest BCUT2D eigenvalue weighted by atomic mass is 32.2. The number of nitrogens with one attached hydrogen (secondary N) is 1. The fourth-order valence-corrected chi connectivity index (χ4v) is 5.28. The average Bonchev–Trinajstić information content (AvgIpc) is 3.43. The summed E-state index contributed by atoms with van der Waals surface area (Å²) in [6.07, 6.45) is 12.0. The van der Waals surface area contributed by atoms with Crippen molar-refractivity contribution in [3.05, 3.63) is 18.4 Å². The minimum Gasteiger partial charge on any atom is -0.461 e. The zero-order valence-corrected chi connectivity index (χ0v) is 17.4. The molecule has 0 aliphatic heterocycles. The van der Waals surface area contributed by atoms with E-state index in [4.69, 9.17) is 4.42 Å². The average molecular weight is 414 g/mol. The van der Waals surface area contributed by atoms with Crippen molar-refractivity contribution in [1.82, 2.24) is 20.1 Å². The van der Waals surface area contributed by atoms with E-state index in [1.807, 2.05) is 12.1 Å². The third-order valence-electron chi connectivity index (χ3n) is 5.98. The second-order valence-electron chi connectivity index (χ2n) is 8.04. The second kappa shape index (κ2) is 9.04. The fourth-order valence-electron chi connectivity index (χ4n) is 4.47. The molecule has 0 bridgehead atoms. The molecule has 2 aromatic rings. The summed E-state index contributed by atoms with van der Waals surface area (Å²) in [5.74, 6) is 1.54. The Kier molecular flexibility index (Phi) is 6.24. The fraction of sp³-hybridized carbons (Fsp3) is 0.619. The molecule has 1 amide bonds. The number of nitriles is 1. The lowest BCUT2D eigenvalue weighted by Crippen LogP contribution is -2.49. The van der Waals surface area contributed by atoms with Gasteiger partial charge in [0.1, 0.15) is 5.54 Å². The van der Waals surface area contributed by atoms with Gasteiger partial charge < -0.3 is 9.73 Å². The van der Waals surface area contributed by atoms with Gasteiger partial charge in [-0.3, -0.25) is 9.36 Å². The molecule has 0 unspecified atom stereocenters. The summed E-state index contributed by atoms with van der Waals surface area (Å²) in [6.45, 7) is 0. The van der Waals surface area contributed by atoms with Crippen molar-refractivity contribution in [2.75, 3.05) is 5.75 Å². The van der Waals surface area contributed by atoms with Gasteiger partial charge in [0.25, 0.3) is 0 Å². The van der Waals surface area contributed by atoms with E-state index >= 15 is 0 Å². The van der Waals surface area contributed by atoms with E-state index in [2.05, 4.69) is 26.2 Å². The number of carbonyl (C=O) groups excluding carboxylic acids is 1. The number of rotatable bonds is 6. The molecule has 0 atom stereocenters. The first-order valence-corrected chi connectivity index (χ1v) is 11.5. The molecular weight excluding hydrogens is 386 g/mol. The normalized spacial score (nSPS) is 19.6. The number of furan rings is 1. The summed E-state index contributed by atoms with van der Waals surface area (Å²) in [6, 6.07) is 6.41. The quantitative estimate of drug-likeness (QED) is 0.702. The molecule has 7 nitrogen and oxygen atoms in total. The number of aromatic nitrogens is 3. The number of carbonyl (C=O) groups is 1. The number of hydrogen-bond acceptors (Lipinski definition) is 6. The molecule has 4 rings (SSSR count). The van der Waals surface area contributed by atoms with Crippen LogP contribution in [0.4, 0.5) is 0 Å². The van der Waals surface area contributed by atoms with E-state index in [1.165, 1.54) is 31.0 Å². The highest BCUT2D eigenvalue weighted by Crippen LogP contribution is 2.36. The summed E-state index contributed by atoms with van der Waals surface area (Å²) in [4.78, 5) is 12.6. The van der Waals surface area contributed by atoms with Gasteiger partial charge in [0.2, 0.25) is 11.7 Å². The number of nitrogens with zero attached hydrogens (tertiary/aromatic N) is 4. The van der Waals surface area contributed by atoms with Crippen LogP contribution in [0.25, 0.3) is 11.6 Å². The van der Waals surface area contributed by atoms with E-state index in [9.17, 15) is 10.1 Å². The van der Waals surface area contributed by atoms with Gasteiger partial charge in [-0.2, -0.15) is 5.26 Å². The smallest absolute Gasteiger partial charge is 0.231 e. The number of amides is 1. The summed E-state index contributed by atoms with van der Waals surface area (Å²) in [5.41, 5.74) is -0.702. The van der Waals surface area contributed by atoms with Gasteiger partial charge in [-0.05, 0) is 37.8 Å². The number of hydrogen-bond donors (Lipinski definition) is 1. The van der Waals surface area contributed by atoms with Crippen LogP contribution in [0.5, 0.6) is 0 Å². The Bertz CT molecular complexity index is 858. The Labute approximate surface area is 175 Å². The van der Waals surface area contributed by atoms with Crippen LogP contribution in [0.2, 0.25) is 0 Å². The monoisotopic (exact) mass is 413 g/mol. The molecule has 2 aromatic heterocycles. The van der Waals surface area contributed by atoms with E-state index in [0.717, 1.165) is 55.9 Å². The maximum absolute atomic E-state index is 12.6. The second-order valence-corrected chi connectivity index (χ2v) is 8.98. The molecule has 154 valence electrons. The largest absolute Gasteiger partial charge is 0.461 e. The minimum atomic E-state index is -0.702. The zero-order chi connectivity index (χ0) is 20.1. The van der Waals surface area contributed by atoms with Crippen molar-refractivity contribution in [1.29, 1.82) is 5.26 Å². The van der Waals surface area contributed by atoms with Crippen molar-refractivity contribution in [2.45, 2.75) is 80.9 Å². The molecule has 1 N–H and O–H groups in total. The zero-order valence-electron chi connectivity index (χ0n) is 16.6. The maximum Gasteiger partial charge on any atom is 0.231 e. The van der Waals surface area contributed by atoms with Crippen molar-refractivity contribution < 1.29 is 9.21 Å². The lowest BCUT2D eigenvalue weighted by Gasteiger charge is -2.31. The Balaban J connectivity index is 1.48. The van der Waals surface area contributed by atoms with Gasteiger partial charge in [0.15, 0.2) is 10.9 Å². The first-order chi connectivity index (χ1) is 14.2. The van der Waals surface area contributed by atoms with Gasteiger partial charge in [0.05, 0.1) is 18.1 Å². The molecule has 0 saturated heterocycles. The lowest BCUT2D eigenvalue weighted by atomic mass is 9.83. The molecule has 0 spiro atoms. The van der Waals surface area contributed by atoms with Crippen LogP contribution in [-0.4, -0.2) is 32.0 Å². The summed E-state index contributed by atoms with van der Waals surface area (Å²) in [5, 5.41) is 22.1. The van der Waals surface area contributed by atoms with Crippen molar-refractivity contribution >= 4 is 17.7 Å².